The number of hydrogen-bond donors (Lipinski definition) is 0. The van der Waals surface area contributed by atoms with Crippen LogP contribution < -0.4 is 10.3 Å². The second-order valence-electron chi connectivity index (χ2n) is 8.27. The summed E-state index contributed by atoms with van der Waals surface area (Å²) >= 11 is 0. The molecule has 3 aromatic rings. The van der Waals surface area contributed by atoms with Crippen LogP contribution in [0.15, 0.2) is 53.3 Å². The summed E-state index contributed by atoms with van der Waals surface area (Å²) in [7, 11) is 0. The maximum Gasteiger partial charge on any atom is 0.266 e. The monoisotopic (exact) mass is 449 g/mol. The molecule has 0 radical (unpaired) electrons. The van der Waals surface area contributed by atoms with Crippen molar-refractivity contribution in [2.45, 2.75) is 65.8 Å². The molecule has 0 bridgehead atoms. The van der Waals surface area contributed by atoms with Crippen molar-refractivity contribution in [1.82, 2.24) is 14.5 Å². The average molecular weight is 450 g/mol. The number of rotatable bonds is 11. The molecule has 0 N–H and O–H groups in total. The van der Waals surface area contributed by atoms with Gasteiger partial charge in [0.15, 0.2) is 0 Å². The number of benzene rings is 2. The van der Waals surface area contributed by atoms with Gasteiger partial charge in [0.2, 0.25) is 5.91 Å². The number of amides is 1. The van der Waals surface area contributed by atoms with Crippen LogP contribution in [0.3, 0.4) is 0 Å². The van der Waals surface area contributed by atoms with Crippen LogP contribution in [-0.2, 0) is 4.79 Å². The lowest BCUT2D eigenvalue weighted by Crippen LogP contribution is -2.38. The Morgan fingerprint density at radius 3 is 2.42 bits per heavy atom. The lowest BCUT2D eigenvalue weighted by atomic mass is 10.1. The fraction of sp³-hybridized carbons (Fsp3) is 0.444. The SMILES string of the molecule is CCCCCN(C(=O)CCC)C(C)c1nc2ccccc2c(=O)n1-c1ccc(OCC)cc1. The van der Waals surface area contributed by atoms with E-state index in [2.05, 4.69) is 6.92 Å². The Labute approximate surface area is 196 Å². The molecule has 1 atom stereocenters. The Morgan fingerprint density at radius 2 is 1.76 bits per heavy atom. The van der Waals surface area contributed by atoms with Crippen LogP contribution in [0.5, 0.6) is 5.75 Å². The maximum atomic E-state index is 13.6. The van der Waals surface area contributed by atoms with Gasteiger partial charge < -0.3 is 9.64 Å². The van der Waals surface area contributed by atoms with E-state index in [1.54, 1.807) is 10.6 Å². The molecule has 0 aliphatic heterocycles. The van der Waals surface area contributed by atoms with Crippen LogP contribution in [0.4, 0.5) is 0 Å². The molecule has 0 fully saturated rings. The highest BCUT2D eigenvalue weighted by molar-refractivity contribution is 5.79. The molecule has 176 valence electrons. The lowest BCUT2D eigenvalue weighted by Gasteiger charge is -2.30. The van der Waals surface area contributed by atoms with E-state index in [1.807, 2.05) is 68.1 Å². The molecule has 6 heteroatoms. The molecule has 6 nitrogen and oxygen atoms in total. The van der Waals surface area contributed by atoms with E-state index < -0.39 is 0 Å². The number of fused-ring (bicyclic) bond motifs is 1. The van der Waals surface area contributed by atoms with Crippen LogP contribution >= 0.6 is 0 Å². The van der Waals surface area contributed by atoms with Gasteiger partial charge >= 0.3 is 0 Å². The van der Waals surface area contributed by atoms with Gasteiger partial charge in [-0.2, -0.15) is 0 Å². The Bertz CT molecular complexity index is 1120. The maximum absolute atomic E-state index is 13.6. The van der Waals surface area contributed by atoms with Gasteiger partial charge in [-0.3, -0.25) is 14.2 Å². The summed E-state index contributed by atoms with van der Waals surface area (Å²) in [5, 5.41) is 0.555. The number of aromatic nitrogens is 2. The zero-order chi connectivity index (χ0) is 23.8. The highest BCUT2D eigenvalue weighted by Crippen LogP contribution is 2.25. The quantitative estimate of drug-likeness (QED) is 0.354. The van der Waals surface area contributed by atoms with Gasteiger partial charge in [0, 0.05) is 13.0 Å². The van der Waals surface area contributed by atoms with E-state index >= 15 is 0 Å². The molecule has 1 aromatic heterocycles. The average Bonchev–Trinajstić information content (AvgIpc) is 2.82. The standard InChI is InChI=1S/C27H35N3O3/c1-5-8-11-19-29(25(31)12-6-2)20(4)26-28-24-14-10-9-13-23(24)27(32)30(26)21-15-17-22(18-16-21)33-7-3/h9-10,13-18,20H,5-8,11-12,19H2,1-4H3. The fourth-order valence-corrected chi connectivity index (χ4v) is 4.10. The van der Waals surface area contributed by atoms with Gasteiger partial charge in [-0.1, -0.05) is 38.8 Å². The van der Waals surface area contributed by atoms with Crippen molar-refractivity contribution in [3.8, 4) is 11.4 Å². The molecular weight excluding hydrogens is 414 g/mol. The summed E-state index contributed by atoms with van der Waals surface area (Å²) in [5.74, 6) is 1.42. The number of para-hydroxylation sites is 1. The van der Waals surface area contributed by atoms with Gasteiger partial charge in [-0.05, 0) is 63.1 Å². The van der Waals surface area contributed by atoms with Crippen molar-refractivity contribution in [2.75, 3.05) is 13.2 Å². The second-order valence-corrected chi connectivity index (χ2v) is 8.27. The van der Waals surface area contributed by atoms with Crippen molar-refractivity contribution in [3.05, 3.63) is 64.7 Å². The number of hydrogen-bond acceptors (Lipinski definition) is 4. The highest BCUT2D eigenvalue weighted by atomic mass is 16.5. The highest BCUT2D eigenvalue weighted by Gasteiger charge is 2.26. The first kappa shape index (κ1) is 24.5. The Kier molecular flexibility index (Phi) is 8.64. The molecule has 33 heavy (non-hydrogen) atoms. The van der Waals surface area contributed by atoms with Gasteiger partial charge in [0.1, 0.15) is 11.6 Å². The number of nitrogens with zero attached hydrogens (tertiary/aromatic N) is 3. The van der Waals surface area contributed by atoms with E-state index in [-0.39, 0.29) is 17.5 Å². The predicted octanol–water partition coefficient (Wildman–Crippen LogP) is 5.66. The number of carbonyl (C=O) groups excluding carboxylic acids is 1. The van der Waals surface area contributed by atoms with Crippen LogP contribution in [0.25, 0.3) is 16.6 Å². The van der Waals surface area contributed by atoms with Gasteiger partial charge in [-0.15, -0.1) is 0 Å². The summed E-state index contributed by atoms with van der Waals surface area (Å²) in [5.41, 5.74) is 1.21. The smallest absolute Gasteiger partial charge is 0.266 e. The van der Waals surface area contributed by atoms with E-state index in [4.69, 9.17) is 9.72 Å². The topological polar surface area (TPSA) is 64.4 Å². The van der Waals surface area contributed by atoms with Crippen molar-refractivity contribution in [2.24, 2.45) is 0 Å². The molecule has 0 saturated carbocycles. The minimum Gasteiger partial charge on any atom is -0.494 e. The zero-order valence-electron chi connectivity index (χ0n) is 20.2. The predicted molar refractivity (Wildman–Crippen MR) is 133 cm³/mol. The lowest BCUT2D eigenvalue weighted by molar-refractivity contribution is -0.133. The molecule has 1 unspecified atom stereocenters. The van der Waals surface area contributed by atoms with E-state index in [0.29, 0.717) is 42.0 Å². The van der Waals surface area contributed by atoms with Gasteiger partial charge in [0.05, 0.1) is 29.2 Å². The summed E-state index contributed by atoms with van der Waals surface area (Å²) in [6.45, 7) is 9.30. The number of ether oxygens (including phenoxy) is 1. The third-order valence-electron chi connectivity index (χ3n) is 5.84. The summed E-state index contributed by atoms with van der Waals surface area (Å²) in [6.07, 6.45) is 4.33. The minimum absolute atomic E-state index is 0.0988. The minimum atomic E-state index is -0.343. The largest absolute Gasteiger partial charge is 0.494 e. The second kappa shape index (κ2) is 11.6. The van der Waals surface area contributed by atoms with Crippen molar-refractivity contribution in [1.29, 1.82) is 0 Å². The summed E-state index contributed by atoms with van der Waals surface area (Å²) < 4.78 is 7.22. The van der Waals surface area contributed by atoms with Crippen LogP contribution in [0, 0.1) is 0 Å². The zero-order valence-corrected chi connectivity index (χ0v) is 20.2. The Balaban J connectivity index is 2.15. The van der Waals surface area contributed by atoms with Gasteiger partial charge in [-0.25, -0.2) is 4.98 Å². The van der Waals surface area contributed by atoms with Crippen molar-refractivity contribution in [3.63, 3.8) is 0 Å². The molecule has 3 rings (SSSR count). The molecule has 0 saturated heterocycles. The van der Waals surface area contributed by atoms with Crippen LogP contribution in [0.1, 0.15) is 71.7 Å². The molecule has 0 aliphatic rings. The normalized spacial score (nSPS) is 12.0. The summed E-state index contributed by atoms with van der Waals surface area (Å²) in [4.78, 5) is 33.5. The van der Waals surface area contributed by atoms with Crippen molar-refractivity contribution >= 4 is 16.8 Å². The van der Waals surface area contributed by atoms with Crippen LogP contribution in [-0.4, -0.2) is 33.5 Å². The fourth-order valence-electron chi connectivity index (χ4n) is 4.10. The summed E-state index contributed by atoms with van der Waals surface area (Å²) in [6, 6.07) is 14.5. The Morgan fingerprint density at radius 1 is 1.03 bits per heavy atom. The first-order chi connectivity index (χ1) is 16.0. The third kappa shape index (κ3) is 5.62. The van der Waals surface area contributed by atoms with Crippen LogP contribution in [0.2, 0.25) is 0 Å². The molecule has 1 amide bonds. The molecule has 0 spiro atoms. The Hall–Kier alpha value is -3.15. The van der Waals surface area contributed by atoms with Gasteiger partial charge in [0.25, 0.3) is 5.56 Å². The molecule has 0 aliphatic carbocycles. The van der Waals surface area contributed by atoms with E-state index in [0.717, 1.165) is 31.4 Å². The number of carbonyl (C=O) groups is 1. The molecule has 1 heterocycles. The van der Waals surface area contributed by atoms with E-state index in [1.165, 1.54) is 0 Å². The molecular formula is C27H35N3O3. The third-order valence-corrected chi connectivity index (χ3v) is 5.84. The first-order valence-electron chi connectivity index (χ1n) is 12.1. The molecule has 2 aromatic carbocycles. The van der Waals surface area contributed by atoms with E-state index in [9.17, 15) is 9.59 Å². The first-order valence-corrected chi connectivity index (χ1v) is 12.1. The van der Waals surface area contributed by atoms with Crippen molar-refractivity contribution < 1.29 is 9.53 Å². The number of unbranched alkanes of at least 4 members (excludes halogenated alkanes) is 2.